The Balaban J connectivity index is 1.89. The molecule has 0 aliphatic rings. The van der Waals surface area contributed by atoms with Crippen LogP contribution in [0.5, 0.6) is 5.75 Å². The fraction of sp³-hybridized carbons (Fsp3) is 0.0625. The molecule has 0 spiro atoms. The topological polar surface area (TPSA) is 54.1 Å². The highest BCUT2D eigenvalue weighted by Crippen LogP contribution is 2.24. The summed E-state index contributed by atoms with van der Waals surface area (Å²) in [7, 11) is 1.62. The number of ether oxygens (including phenoxy) is 1. The van der Waals surface area contributed by atoms with E-state index in [9.17, 15) is 4.79 Å². The molecule has 0 aliphatic heterocycles. The molecule has 0 unspecified atom stereocenters. The number of aromatic nitrogens is 1. The number of rotatable bonds is 3. The van der Waals surface area contributed by atoms with Crippen LogP contribution in [-0.4, -0.2) is 18.0 Å². The smallest absolute Gasteiger partial charge is 0.257 e. The number of H-pyrrole nitrogens is 1. The van der Waals surface area contributed by atoms with Gasteiger partial charge in [-0.3, -0.25) is 4.79 Å². The van der Waals surface area contributed by atoms with Gasteiger partial charge in [0.05, 0.1) is 12.7 Å². The molecule has 1 amide bonds. The molecule has 4 nitrogen and oxygen atoms in total. The zero-order valence-electron chi connectivity index (χ0n) is 11.3. The minimum Gasteiger partial charge on any atom is -0.497 e. The minimum absolute atomic E-state index is 0.145. The molecule has 0 saturated heterocycles. The average Bonchev–Trinajstić information content (AvgIpc) is 2.92. The van der Waals surface area contributed by atoms with Gasteiger partial charge >= 0.3 is 0 Å². The number of hydrogen-bond acceptors (Lipinski definition) is 2. The summed E-state index contributed by atoms with van der Waals surface area (Å²) < 4.78 is 6.15. The number of anilines is 1. The molecule has 2 N–H and O–H groups in total. The van der Waals surface area contributed by atoms with Crippen molar-refractivity contribution in [3.8, 4) is 5.75 Å². The number of fused-ring (bicyclic) bond motifs is 1. The fourth-order valence-electron chi connectivity index (χ4n) is 2.15. The summed E-state index contributed by atoms with van der Waals surface area (Å²) in [5, 5.41) is 3.75. The van der Waals surface area contributed by atoms with Crippen molar-refractivity contribution in [2.24, 2.45) is 0 Å². The lowest BCUT2D eigenvalue weighted by Crippen LogP contribution is -2.11. The molecule has 0 atom stereocenters. The fourth-order valence-corrected chi connectivity index (χ4v) is 2.42. The summed E-state index contributed by atoms with van der Waals surface area (Å²) in [5.74, 6) is 0.609. The van der Waals surface area contributed by atoms with Crippen LogP contribution < -0.4 is 10.1 Å². The monoisotopic (exact) mass is 344 g/mol. The van der Waals surface area contributed by atoms with Crippen molar-refractivity contribution in [2.75, 3.05) is 12.4 Å². The Labute approximate surface area is 130 Å². The maximum Gasteiger partial charge on any atom is 0.257 e. The van der Waals surface area contributed by atoms with Crippen molar-refractivity contribution < 1.29 is 9.53 Å². The molecule has 1 aromatic heterocycles. The van der Waals surface area contributed by atoms with Gasteiger partial charge in [-0.25, -0.2) is 0 Å². The first-order valence-electron chi connectivity index (χ1n) is 6.39. The summed E-state index contributed by atoms with van der Waals surface area (Å²) in [6, 6.07) is 13.0. The van der Waals surface area contributed by atoms with Gasteiger partial charge in [-0.15, -0.1) is 0 Å². The number of halogens is 1. The van der Waals surface area contributed by atoms with Crippen LogP contribution in [0.2, 0.25) is 0 Å². The van der Waals surface area contributed by atoms with Gasteiger partial charge in [0, 0.05) is 33.3 Å². The first-order chi connectivity index (χ1) is 10.2. The quantitative estimate of drug-likeness (QED) is 0.748. The van der Waals surface area contributed by atoms with Crippen molar-refractivity contribution in [3.63, 3.8) is 0 Å². The molecule has 0 radical (unpaired) electrons. The summed E-state index contributed by atoms with van der Waals surface area (Å²) in [6.07, 6.45) is 1.71. The van der Waals surface area contributed by atoms with E-state index in [1.165, 1.54) is 0 Å². The second kappa shape index (κ2) is 5.61. The number of methoxy groups -OCH3 is 1. The van der Waals surface area contributed by atoms with E-state index in [0.29, 0.717) is 5.56 Å². The van der Waals surface area contributed by atoms with Gasteiger partial charge in [0.15, 0.2) is 0 Å². The van der Waals surface area contributed by atoms with E-state index in [4.69, 9.17) is 4.74 Å². The number of carbonyl (C=O) groups excluding carboxylic acids is 1. The van der Waals surface area contributed by atoms with E-state index < -0.39 is 0 Å². The lowest BCUT2D eigenvalue weighted by molar-refractivity contribution is 0.102. The standard InChI is InChI=1S/C16H13BrN2O2/c1-21-12-6-7-13-14(9-18-15(13)8-12)16(20)19-11-4-2-10(17)3-5-11/h2-9,18H,1H3,(H,19,20). The van der Waals surface area contributed by atoms with E-state index in [-0.39, 0.29) is 5.91 Å². The van der Waals surface area contributed by atoms with E-state index in [2.05, 4.69) is 26.2 Å². The lowest BCUT2D eigenvalue weighted by Gasteiger charge is -2.05. The van der Waals surface area contributed by atoms with Gasteiger partial charge in [0.2, 0.25) is 0 Å². The lowest BCUT2D eigenvalue weighted by atomic mass is 10.1. The molecule has 0 aliphatic carbocycles. The zero-order valence-corrected chi connectivity index (χ0v) is 12.9. The Morgan fingerprint density at radius 1 is 1.19 bits per heavy atom. The Hall–Kier alpha value is -2.27. The number of carbonyl (C=O) groups is 1. The largest absolute Gasteiger partial charge is 0.497 e. The van der Waals surface area contributed by atoms with Crippen LogP contribution in [0.3, 0.4) is 0 Å². The van der Waals surface area contributed by atoms with Gasteiger partial charge in [0.25, 0.3) is 5.91 Å². The highest BCUT2D eigenvalue weighted by molar-refractivity contribution is 9.10. The molecule has 5 heteroatoms. The Morgan fingerprint density at radius 3 is 2.67 bits per heavy atom. The predicted molar refractivity (Wildman–Crippen MR) is 86.9 cm³/mol. The van der Waals surface area contributed by atoms with E-state index in [1.807, 2.05) is 42.5 Å². The van der Waals surface area contributed by atoms with Gasteiger partial charge in [-0.05, 0) is 36.4 Å². The predicted octanol–water partition coefficient (Wildman–Crippen LogP) is 4.19. The number of amides is 1. The molecular weight excluding hydrogens is 332 g/mol. The molecule has 106 valence electrons. The molecule has 1 heterocycles. The van der Waals surface area contributed by atoms with Gasteiger partial charge in [-0.2, -0.15) is 0 Å². The third-order valence-corrected chi connectivity index (χ3v) is 3.76. The maximum atomic E-state index is 12.4. The molecular formula is C16H13BrN2O2. The molecule has 2 aromatic carbocycles. The van der Waals surface area contributed by atoms with E-state index in [1.54, 1.807) is 13.3 Å². The molecule has 3 rings (SSSR count). The van der Waals surface area contributed by atoms with Crippen molar-refractivity contribution in [2.45, 2.75) is 0 Å². The highest BCUT2D eigenvalue weighted by atomic mass is 79.9. The molecule has 0 saturated carbocycles. The summed E-state index contributed by atoms with van der Waals surface area (Å²) in [5.41, 5.74) is 2.23. The average molecular weight is 345 g/mol. The van der Waals surface area contributed by atoms with Gasteiger partial charge in [0.1, 0.15) is 5.75 Å². The first-order valence-corrected chi connectivity index (χ1v) is 7.19. The summed E-state index contributed by atoms with van der Waals surface area (Å²) in [6.45, 7) is 0. The third kappa shape index (κ3) is 2.78. The van der Waals surface area contributed by atoms with Crippen LogP contribution in [0.4, 0.5) is 5.69 Å². The maximum absolute atomic E-state index is 12.4. The zero-order chi connectivity index (χ0) is 14.8. The van der Waals surface area contributed by atoms with Gasteiger partial charge in [-0.1, -0.05) is 15.9 Å². The highest BCUT2D eigenvalue weighted by Gasteiger charge is 2.12. The molecule has 3 aromatic rings. The first kappa shape index (κ1) is 13.7. The van der Waals surface area contributed by atoms with Crippen molar-refractivity contribution in [3.05, 3.63) is 58.7 Å². The third-order valence-electron chi connectivity index (χ3n) is 3.24. The van der Waals surface area contributed by atoms with Gasteiger partial charge < -0.3 is 15.0 Å². The Kier molecular flexibility index (Phi) is 3.66. The second-order valence-electron chi connectivity index (χ2n) is 4.57. The number of benzene rings is 2. The van der Waals surface area contributed by atoms with Crippen LogP contribution in [0.1, 0.15) is 10.4 Å². The van der Waals surface area contributed by atoms with Crippen LogP contribution in [0, 0.1) is 0 Å². The SMILES string of the molecule is COc1ccc2c(C(=O)Nc3ccc(Br)cc3)c[nH]c2c1. The van der Waals surface area contributed by atoms with Crippen molar-refractivity contribution in [1.82, 2.24) is 4.98 Å². The van der Waals surface area contributed by atoms with E-state index in [0.717, 1.165) is 26.8 Å². The second-order valence-corrected chi connectivity index (χ2v) is 5.49. The van der Waals surface area contributed by atoms with E-state index >= 15 is 0 Å². The number of aromatic amines is 1. The van der Waals surface area contributed by atoms with Crippen LogP contribution in [0.25, 0.3) is 10.9 Å². The van der Waals surface area contributed by atoms with Crippen LogP contribution in [-0.2, 0) is 0 Å². The normalized spacial score (nSPS) is 10.6. The molecule has 0 bridgehead atoms. The minimum atomic E-state index is -0.145. The Morgan fingerprint density at radius 2 is 1.95 bits per heavy atom. The summed E-state index contributed by atoms with van der Waals surface area (Å²) in [4.78, 5) is 15.4. The van der Waals surface area contributed by atoms with Crippen molar-refractivity contribution >= 4 is 38.4 Å². The Bertz CT molecular complexity index is 794. The number of nitrogens with one attached hydrogen (secondary N) is 2. The van der Waals surface area contributed by atoms with Crippen LogP contribution in [0.15, 0.2) is 53.1 Å². The van der Waals surface area contributed by atoms with Crippen LogP contribution >= 0.6 is 15.9 Å². The molecule has 21 heavy (non-hydrogen) atoms. The number of hydrogen-bond donors (Lipinski definition) is 2. The van der Waals surface area contributed by atoms with Crippen molar-refractivity contribution in [1.29, 1.82) is 0 Å². The molecule has 0 fully saturated rings. The summed E-state index contributed by atoms with van der Waals surface area (Å²) >= 11 is 3.37.